The molecule has 1 heterocycles. The van der Waals surface area contributed by atoms with E-state index in [1.165, 1.54) is 7.11 Å². The van der Waals surface area contributed by atoms with Gasteiger partial charge in [0.05, 0.1) is 21.3 Å². The normalized spacial score (nSPS) is 14.3. The van der Waals surface area contributed by atoms with Gasteiger partial charge in [-0.3, -0.25) is 4.90 Å². The van der Waals surface area contributed by atoms with E-state index in [1.54, 1.807) is 26.4 Å². The quantitative estimate of drug-likeness (QED) is 0.746. The lowest BCUT2D eigenvalue weighted by Gasteiger charge is -2.30. The summed E-state index contributed by atoms with van der Waals surface area (Å²) in [6, 6.07) is 9.30. The summed E-state index contributed by atoms with van der Waals surface area (Å²) in [5.74, 6) is 1.86. The third kappa shape index (κ3) is 4.49. The molecule has 0 unspecified atom stereocenters. The maximum Gasteiger partial charge on any atom is 0.380 e. The van der Waals surface area contributed by atoms with E-state index in [-0.39, 0.29) is 5.75 Å². The minimum atomic E-state index is -4.12. The fourth-order valence-corrected chi connectivity index (χ4v) is 3.81. The summed E-state index contributed by atoms with van der Waals surface area (Å²) < 4.78 is 43.6. The van der Waals surface area contributed by atoms with Gasteiger partial charge < -0.3 is 18.4 Å². The largest absolute Gasteiger partial charge is 0.493 e. The Morgan fingerprint density at radius 3 is 2.36 bits per heavy atom. The van der Waals surface area contributed by atoms with Gasteiger partial charge in [0.15, 0.2) is 23.0 Å². The van der Waals surface area contributed by atoms with Crippen molar-refractivity contribution in [2.75, 3.05) is 27.9 Å². The molecule has 0 radical (unpaired) electrons. The van der Waals surface area contributed by atoms with Crippen molar-refractivity contribution < 1.29 is 26.8 Å². The second-order valence-electron chi connectivity index (χ2n) is 6.46. The molecule has 0 saturated heterocycles. The summed E-state index contributed by atoms with van der Waals surface area (Å²) in [6.45, 7) is 2.17. The number of ether oxygens (including phenoxy) is 3. The number of hydrogen-bond acceptors (Lipinski definition) is 7. The molecule has 0 amide bonds. The SMILES string of the molecule is COc1cc2c(cc1OS(N)(=O)=O)CCN(Cc1cccc(OC)c1OC)C2. The molecule has 1 aliphatic rings. The standard InChI is InChI=1S/C19H24N2O6S/c1-24-16-6-4-5-14(19(16)26-3)11-21-8-7-13-9-18(27-28(20,22)23)17(25-2)10-15(13)12-21/h4-6,9-10H,7-8,11-12H2,1-3H3,(H2,20,22,23). The first-order valence-corrected chi connectivity index (χ1v) is 10.2. The van der Waals surface area contributed by atoms with Gasteiger partial charge in [-0.05, 0) is 35.7 Å². The average Bonchev–Trinajstić information content (AvgIpc) is 2.66. The number of nitrogens with zero attached hydrogens (tertiary/aromatic N) is 1. The predicted octanol–water partition coefficient (Wildman–Crippen LogP) is 1.85. The lowest BCUT2D eigenvalue weighted by Crippen LogP contribution is -2.30. The van der Waals surface area contributed by atoms with Crippen molar-refractivity contribution in [3.8, 4) is 23.0 Å². The van der Waals surface area contributed by atoms with Gasteiger partial charge in [0.25, 0.3) is 0 Å². The minimum absolute atomic E-state index is 0.103. The third-order valence-electron chi connectivity index (χ3n) is 4.66. The number of methoxy groups -OCH3 is 3. The Hall–Kier alpha value is -2.49. The molecule has 0 aromatic heterocycles. The van der Waals surface area contributed by atoms with Gasteiger partial charge >= 0.3 is 10.3 Å². The molecule has 0 fully saturated rings. The highest BCUT2D eigenvalue weighted by molar-refractivity contribution is 7.84. The molecule has 152 valence electrons. The van der Waals surface area contributed by atoms with E-state index in [2.05, 4.69) is 4.90 Å². The summed E-state index contributed by atoms with van der Waals surface area (Å²) >= 11 is 0. The molecular weight excluding hydrogens is 384 g/mol. The van der Waals surface area contributed by atoms with Crippen LogP contribution in [-0.2, 0) is 29.8 Å². The van der Waals surface area contributed by atoms with Gasteiger partial charge in [0.1, 0.15) is 0 Å². The molecule has 8 nitrogen and oxygen atoms in total. The summed E-state index contributed by atoms with van der Waals surface area (Å²) in [4.78, 5) is 2.28. The molecule has 0 bridgehead atoms. The number of fused-ring (bicyclic) bond motifs is 1. The van der Waals surface area contributed by atoms with Crippen LogP contribution in [0.1, 0.15) is 16.7 Å². The number of para-hydroxylation sites is 1. The maximum atomic E-state index is 11.3. The molecular formula is C19H24N2O6S. The van der Waals surface area contributed by atoms with Crippen LogP contribution in [0.4, 0.5) is 0 Å². The second-order valence-corrected chi connectivity index (χ2v) is 7.61. The van der Waals surface area contributed by atoms with E-state index in [0.717, 1.165) is 35.4 Å². The van der Waals surface area contributed by atoms with Gasteiger partial charge in [-0.15, -0.1) is 0 Å². The Bertz CT molecular complexity index is 961. The Labute approximate surface area is 165 Å². The Balaban J connectivity index is 1.83. The van der Waals surface area contributed by atoms with Crippen molar-refractivity contribution in [2.45, 2.75) is 19.5 Å². The molecule has 2 aromatic carbocycles. The number of rotatable bonds is 7. The fraction of sp³-hybridized carbons (Fsp3) is 0.368. The van der Waals surface area contributed by atoms with Crippen LogP contribution in [0.3, 0.4) is 0 Å². The zero-order chi connectivity index (χ0) is 20.3. The average molecular weight is 408 g/mol. The van der Waals surface area contributed by atoms with Crippen molar-refractivity contribution in [1.29, 1.82) is 0 Å². The topological polar surface area (TPSA) is 100 Å². The van der Waals surface area contributed by atoms with E-state index in [0.29, 0.717) is 24.6 Å². The van der Waals surface area contributed by atoms with Crippen LogP contribution in [0.25, 0.3) is 0 Å². The van der Waals surface area contributed by atoms with Crippen LogP contribution >= 0.6 is 0 Å². The van der Waals surface area contributed by atoms with Gasteiger partial charge in [0.2, 0.25) is 0 Å². The zero-order valence-corrected chi connectivity index (χ0v) is 16.9. The molecule has 0 atom stereocenters. The van der Waals surface area contributed by atoms with Crippen LogP contribution in [0, 0.1) is 0 Å². The molecule has 0 spiro atoms. The van der Waals surface area contributed by atoms with Crippen LogP contribution < -0.4 is 23.5 Å². The molecule has 2 aromatic rings. The molecule has 2 N–H and O–H groups in total. The first-order chi connectivity index (χ1) is 13.3. The highest BCUT2D eigenvalue weighted by atomic mass is 32.2. The van der Waals surface area contributed by atoms with Crippen molar-refractivity contribution in [2.24, 2.45) is 5.14 Å². The number of nitrogens with two attached hydrogens (primary N) is 1. The molecule has 28 heavy (non-hydrogen) atoms. The molecule has 1 aliphatic heterocycles. The summed E-state index contributed by atoms with van der Waals surface area (Å²) in [6.07, 6.45) is 0.743. The monoisotopic (exact) mass is 408 g/mol. The Morgan fingerprint density at radius 2 is 1.71 bits per heavy atom. The van der Waals surface area contributed by atoms with Gasteiger partial charge in [-0.25, -0.2) is 0 Å². The molecule has 9 heteroatoms. The molecule has 0 aliphatic carbocycles. The summed E-state index contributed by atoms with van der Waals surface area (Å²) in [5.41, 5.74) is 3.09. The predicted molar refractivity (Wildman–Crippen MR) is 104 cm³/mol. The smallest absolute Gasteiger partial charge is 0.380 e. The van der Waals surface area contributed by atoms with Crippen LogP contribution in [0.15, 0.2) is 30.3 Å². The van der Waals surface area contributed by atoms with Gasteiger partial charge in [0, 0.05) is 25.2 Å². The highest BCUT2D eigenvalue weighted by Gasteiger charge is 2.22. The first-order valence-electron chi connectivity index (χ1n) is 8.69. The summed E-state index contributed by atoms with van der Waals surface area (Å²) in [5, 5.41) is 4.99. The fourth-order valence-electron chi connectivity index (χ4n) is 3.43. The van der Waals surface area contributed by atoms with Crippen molar-refractivity contribution >= 4 is 10.3 Å². The van der Waals surface area contributed by atoms with Crippen LogP contribution in [0.2, 0.25) is 0 Å². The minimum Gasteiger partial charge on any atom is -0.493 e. The third-order valence-corrected chi connectivity index (χ3v) is 5.07. The van der Waals surface area contributed by atoms with Crippen LogP contribution in [-0.4, -0.2) is 41.2 Å². The van der Waals surface area contributed by atoms with Crippen molar-refractivity contribution in [1.82, 2.24) is 4.90 Å². The molecule has 3 rings (SSSR count). The van der Waals surface area contributed by atoms with E-state index in [4.69, 9.17) is 23.5 Å². The van der Waals surface area contributed by atoms with E-state index < -0.39 is 10.3 Å². The second kappa shape index (κ2) is 8.26. The lowest BCUT2D eigenvalue weighted by molar-refractivity contribution is 0.239. The zero-order valence-electron chi connectivity index (χ0n) is 16.1. The van der Waals surface area contributed by atoms with E-state index in [9.17, 15) is 8.42 Å². The van der Waals surface area contributed by atoms with Crippen molar-refractivity contribution in [3.05, 3.63) is 47.0 Å². The Kier molecular flexibility index (Phi) is 5.97. The number of hydrogen-bond donors (Lipinski definition) is 1. The van der Waals surface area contributed by atoms with Gasteiger partial charge in [-0.1, -0.05) is 12.1 Å². The first kappa shape index (κ1) is 20.2. The summed E-state index contributed by atoms with van der Waals surface area (Å²) in [7, 11) is 0.587. The van der Waals surface area contributed by atoms with Crippen LogP contribution in [0.5, 0.6) is 23.0 Å². The Morgan fingerprint density at radius 1 is 1.00 bits per heavy atom. The number of benzene rings is 2. The maximum absolute atomic E-state index is 11.3. The van der Waals surface area contributed by atoms with Crippen molar-refractivity contribution in [3.63, 3.8) is 0 Å². The van der Waals surface area contributed by atoms with E-state index >= 15 is 0 Å². The highest BCUT2D eigenvalue weighted by Crippen LogP contribution is 2.36. The molecule has 0 saturated carbocycles. The lowest BCUT2D eigenvalue weighted by atomic mass is 9.98. The van der Waals surface area contributed by atoms with E-state index in [1.807, 2.05) is 18.2 Å². The van der Waals surface area contributed by atoms with Gasteiger partial charge in [-0.2, -0.15) is 13.6 Å².